The molecule has 0 fully saturated rings. The SMILES string of the molecule is C=NC(C(=O)OC(COC(=O)C(O)C(C)C)C(OC(C)=O)C(OC(C)=O)C(COC(=O)C(O)C(C)C)OC(=O)C(N=C)C(C)C)C(C)C. The summed E-state index contributed by atoms with van der Waals surface area (Å²) in [7, 11) is 0. The smallest absolute Gasteiger partial charge is 0.335 e. The number of rotatable bonds is 21. The van der Waals surface area contributed by atoms with Gasteiger partial charge in [0.2, 0.25) is 0 Å². The van der Waals surface area contributed by atoms with Crippen molar-refractivity contribution < 1.29 is 67.4 Å². The van der Waals surface area contributed by atoms with E-state index in [1.165, 1.54) is 0 Å². The van der Waals surface area contributed by atoms with Gasteiger partial charge in [-0.25, -0.2) is 19.2 Å². The van der Waals surface area contributed by atoms with Crippen LogP contribution in [-0.4, -0.2) is 121 Å². The minimum atomic E-state index is -1.89. The van der Waals surface area contributed by atoms with E-state index in [1.807, 2.05) is 0 Å². The van der Waals surface area contributed by atoms with E-state index < -0.39 is 121 Å². The first kappa shape index (κ1) is 44.1. The second-order valence-electron chi connectivity index (χ2n) is 12.5. The number of ether oxygens (including phenoxy) is 6. The summed E-state index contributed by atoms with van der Waals surface area (Å²) in [6.07, 6.45) is -10.5. The summed E-state index contributed by atoms with van der Waals surface area (Å²) in [6, 6.07) is -2.29. The monoisotopic (exact) mass is 688 g/mol. The number of hydrogen-bond acceptors (Lipinski definition) is 16. The Labute approximate surface area is 281 Å². The highest BCUT2D eigenvalue weighted by molar-refractivity contribution is 5.78. The van der Waals surface area contributed by atoms with Crippen molar-refractivity contribution in [2.24, 2.45) is 33.7 Å². The molecule has 2 N–H and O–H groups in total. The number of nitrogens with zero attached hydrogens (tertiary/aromatic N) is 2. The Morgan fingerprint density at radius 2 is 0.812 bits per heavy atom. The van der Waals surface area contributed by atoms with Crippen LogP contribution in [0.3, 0.4) is 0 Å². The molecule has 0 aromatic rings. The van der Waals surface area contributed by atoms with Crippen LogP contribution in [0, 0.1) is 23.7 Å². The topological polar surface area (TPSA) is 223 Å². The van der Waals surface area contributed by atoms with Gasteiger partial charge < -0.3 is 38.6 Å². The van der Waals surface area contributed by atoms with E-state index in [1.54, 1.807) is 55.4 Å². The molecule has 0 saturated heterocycles. The third-order valence-corrected chi connectivity index (χ3v) is 6.86. The van der Waals surface area contributed by atoms with Crippen LogP contribution in [0.25, 0.3) is 0 Å². The molecule has 0 bridgehead atoms. The average molecular weight is 689 g/mol. The van der Waals surface area contributed by atoms with Gasteiger partial charge in [0.1, 0.15) is 25.3 Å². The molecule has 0 rings (SSSR count). The Kier molecular flexibility index (Phi) is 19.4. The second kappa shape index (κ2) is 21.1. The van der Waals surface area contributed by atoms with Crippen LogP contribution < -0.4 is 0 Å². The highest BCUT2D eigenvalue weighted by Crippen LogP contribution is 2.24. The molecule has 0 spiro atoms. The van der Waals surface area contributed by atoms with E-state index in [9.17, 15) is 39.0 Å². The Bertz CT molecular complexity index is 1040. The summed E-state index contributed by atoms with van der Waals surface area (Å²) in [6.45, 7) is 19.8. The van der Waals surface area contributed by atoms with E-state index in [2.05, 4.69) is 23.4 Å². The van der Waals surface area contributed by atoms with Gasteiger partial charge in [0, 0.05) is 13.8 Å². The molecule has 0 heterocycles. The fourth-order valence-electron chi connectivity index (χ4n) is 4.08. The summed E-state index contributed by atoms with van der Waals surface area (Å²) in [5, 5.41) is 20.4. The molecule has 0 aliphatic carbocycles. The van der Waals surface area contributed by atoms with Gasteiger partial charge in [0.15, 0.2) is 36.6 Å². The van der Waals surface area contributed by atoms with Gasteiger partial charge in [-0.1, -0.05) is 55.4 Å². The van der Waals surface area contributed by atoms with E-state index >= 15 is 0 Å². The van der Waals surface area contributed by atoms with Crippen molar-refractivity contribution in [2.45, 2.75) is 118 Å². The number of aliphatic hydroxyl groups is 2. The summed E-state index contributed by atoms with van der Waals surface area (Å²) >= 11 is 0. The molecule has 0 aliphatic heterocycles. The lowest BCUT2D eigenvalue weighted by molar-refractivity contribution is -0.210. The average Bonchev–Trinajstić information content (AvgIpc) is 2.97. The number of hydrogen-bond donors (Lipinski definition) is 2. The lowest BCUT2D eigenvalue weighted by Gasteiger charge is -2.36. The maximum Gasteiger partial charge on any atom is 0.335 e. The Morgan fingerprint density at radius 3 is 1.02 bits per heavy atom. The van der Waals surface area contributed by atoms with Crippen molar-refractivity contribution in [3.8, 4) is 0 Å². The summed E-state index contributed by atoms with van der Waals surface area (Å²) in [5.74, 6) is -8.24. The van der Waals surface area contributed by atoms with Crippen molar-refractivity contribution in [1.82, 2.24) is 0 Å². The maximum atomic E-state index is 13.3. The third-order valence-electron chi connectivity index (χ3n) is 6.86. The molecule has 8 atom stereocenters. The fraction of sp³-hybridized carbons (Fsp3) is 0.750. The molecular weight excluding hydrogens is 636 g/mol. The number of carbonyl (C=O) groups excluding carboxylic acids is 6. The second-order valence-corrected chi connectivity index (χ2v) is 12.5. The third kappa shape index (κ3) is 14.5. The van der Waals surface area contributed by atoms with Crippen molar-refractivity contribution in [2.75, 3.05) is 13.2 Å². The molecule has 0 saturated carbocycles. The van der Waals surface area contributed by atoms with Gasteiger partial charge in [-0.05, 0) is 37.1 Å². The van der Waals surface area contributed by atoms with Gasteiger partial charge in [-0.2, -0.15) is 0 Å². The maximum absolute atomic E-state index is 13.3. The highest BCUT2D eigenvalue weighted by Gasteiger charge is 2.46. The molecule has 0 aliphatic rings. The molecule has 0 aromatic heterocycles. The van der Waals surface area contributed by atoms with Crippen LogP contribution in [0.2, 0.25) is 0 Å². The molecule has 0 amide bonds. The zero-order chi connectivity index (χ0) is 37.5. The van der Waals surface area contributed by atoms with Crippen LogP contribution >= 0.6 is 0 Å². The lowest BCUT2D eigenvalue weighted by Crippen LogP contribution is -2.55. The van der Waals surface area contributed by atoms with Gasteiger partial charge in [-0.15, -0.1) is 0 Å². The lowest BCUT2D eigenvalue weighted by atomic mass is 10.0. The summed E-state index contributed by atoms with van der Waals surface area (Å²) < 4.78 is 32.6. The Balaban J connectivity index is 7.25. The normalized spacial score (nSPS) is 16.4. The fourth-order valence-corrected chi connectivity index (χ4v) is 4.08. The van der Waals surface area contributed by atoms with Crippen LogP contribution in [0.1, 0.15) is 69.2 Å². The predicted molar refractivity (Wildman–Crippen MR) is 171 cm³/mol. The molecule has 0 radical (unpaired) electrons. The van der Waals surface area contributed by atoms with E-state index in [0.29, 0.717) is 0 Å². The largest absolute Gasteiger partial charge is 0.460 e. The van der Waals surface area contributed by atoms with E-state index in [4.69, 9.17) is 28.4 Å². The molecule has 274 valence electrons. The van der Waals surface area contributed by atoms with Crippen LogP contribution in [-0.2, 0) is 57.2 Å². The van der Waals surface area contributed by atoms with E-state index in [0.717, 1.165) is 13.8 Å². The quantitative estimate of drug-likeness (QED) is 0.0984. The minimum Gasteiger partial charge on any atom is -0.460 e. The summed E-state index contributed by atoms with van der Waals surface area (Å²) in [5.41, 5.74) is 0. The predicted octanol–water partition coefficient (Wildman–Crippen LogP) is 1.24. The van der Waals surface area contributed by atoms with Crippen molar-refractivity contribution in [1.29, 1.82) is 0 Å². The van der Waals surface area contributed by atoms with Crippen molar-refractivity contribution in [3.63, 3.8) is 0 Å². The zero-order valence-corrected chi connectivity index (χ0v) is 29.4. The minimum absolute atomic E-state index is 0.433. The van der Waals surface area contributed by atoms with Crippen molar-refractivity contribution >= 4 is 49.3 Å². The Morgan fingerprint density at radius 1 is 0.521 bits per heavy atom. The first-order chi connectivity index (χ1) is 22.2. The molecular formula is C32H52N2O14. The first-order valence-corrected chi connectivity index (χ1v) is 15.6. The molecule has 16 heteroatoms. The number of carbonyl (C=O) groups is 6. The van der Waals surface area contributed by atoms with Gasteiger partial charge in [0.25, 0.3) is 0 Å². The van der Waals surface area contributed by atoms with Crippen molar-refractivity contribution in [3.05, 3.63) is 0 Å². The molecule has 48 heavy (non-hydrogen) atoms. The highest BCUT2D eigenvalue weighted by atomic mass is 16.6. The van der Waals surface area contributed by atoms with E-state index in [-0.39, 0.29) is 0 Å². The standard InChI is InChI=1S/C32H52N2O14/c1-15(2)23(33-11)29(39)47-21(13-43-31(41)25(37)17(5)6)27(45-19(9)35)28(46-20(10)36)22(14-44-32(42)26(38)18(7)8)48-30(40)24(34-12)16(3)4/h15-18,21-28,37-38H,11-14H2,1-10H3. The summed E-state index contributed by atoms with van der Waals surface area (Å²) in [4.78, 5) is 84.2. The van der Waals surface area contributed by atoms with Gasteiger partial charge in [0.05, 0.1) is 0 Å². The first-order valence-electron chi connectivity index (χ1n) is 15.6. The van der Waals surface area contributed by atoms with Gasteiger partial charge >= 0.3 is 35.8 Å². The van der Waals surface area contributed by atoms with Crippen LogP contribution in [0.4, 0.5) is 0 Å². The van der Waals surface area contributed by atoms with Crippen LogP contribution in [0.15, 0.2) is 9.98 Å². The van der Waals surface area contributed by atoms with Gasteiger partial charge in [-0.3, -0.25) is 19.6 Å². The zero-order valence-electron chi connectivity index (χ0n) is 29.4. The molecule has 0 aromatic carbocycles. The number of esters is 6. The Hall–Kier alpha value is -3.92. The van der Waals surface area contributed by atoms with Crippen LogP contribution in [0.5, 0.6) is 0 Å². The molecule has 16 nitrogen and oxygen atoms in total. The number of aliphatic imine (C=N–C) groups is 2. The number of aliphatic hydroxyl groups excluding tert-OH is 2. The molecule has 8 unspecified atom stereocenters.